The molecule has 120 valence electrons. The van der Waals surface area contributed by atoms with E-state index in [-0.39, 0.29) is 5.91 Å². The number of benzene rings is 2. The first-order valence-electron chi connectivity index (χ1n) is 7.85. The number of hydrogen-bond acceptors (Lipinski definition) is 3. The molecule has 1 amide bonds. The number of rotatable bonds is 3. The summed E-state index contributed by atoms with van der Waals surface area (Å²) in [7, 11) is 0. The van der Waals surface area contributed by atoms with Crippen LogP contribution in [0.25, 0.3) is 0 Å². The Morgan fingerprint density at radius 2 is 1.87 bits per heavy atom. The van der Waals surface area contributed by atoms with Crippen LogP contribution in [0, 0.1) is 13.8 Å². The lowest BCUT2D eigenvalue weighted by Gasteiger charge is -2.21. The van der Waals surface area contributed by atoms with Gasteiger partial charge in [0.05, 0.1) is 4.58 Å². The third kappa shape index (κ3) is 4.12. The van der Waals surface area contributed by atoms with Crippen LogP contribution in [-0.2, 0) is 0 Å². The summed E-state index contributed by atoms with van der Waals surface area (Å²) in [5.41, 5.74) is 5.09. The molecule has 1 aliphatic heterocycles. The Bertz CT molecular complexity index is 708. The van der Waals surface area contributed by atoms with Crippen molar-refractivity contribution >= 4 is 35.1 Å². The number of amides is 1. The van der Waals surface area contributed by atoms with Crippen molar-refractivity contribution in [2.45, 2.75) is 24.9 Å². The van der Waals surface area contributed by atoms with Crippen LogP contribution in [0.15, 0.2) is 42.5 Å². The first-order chi connectivity index (χ1) is 11.1. The van der Waals surface area contributed by atoms with E-state index in [0.717, 1.165) is 16.8 Å². The minimum Gasteiger partial charge on any atom is -0.322 e. The normalized spacial score (nSPS) is 15.4. The van der Waals surface area contributed by atoms with Crippen molar-refractivity contribution in [1.29, 1.82) is 0 Å². The zero-order chi connectivity index (χ0) is 16.2. The molecule has 0 radical (unpaired) electrons. The van der Waals surface area contributed by atoms with Gasteiger partial charge in [0.15, 0.2) is 0 Å². The fourth-order valence-corrected chi connectivity index (χ4v) is 5.58. The van der Waals surface area contributed by atoms with Gasteiger partial charge in [-0.05, 0) is 61.1 Å². The second kappa shape index (κ2) is 7.45. The maximum atomic E-state index is 12.5. The predicted octanol–water partition coefficient (Wildman–Crippen LogP) is 5.42. The monoisotopic (exact) mass is 343 g/mol. The van der Waals surface area contributed by atoms with Gasteiger partial charge in [-0.2, -0.15) is 0 Å². The molecule has 0 aliphatic carbocycles. The fourth-order valence-electron chi connectivity index (χ4n) is 2.71. The highest BCUT2D eigenvalue weighted by atomic mass is 32.2. The van der Waals surface area contributed by atoms with Crippen LogP contribution in [-0.4, -0.2) is 17.4 Å². The highest BCUT2D eigenvalue weighted by Gasteiger charge is 2.17. The summed E-state index contributed by atoms with van der Waals surface area (Å²) in [5.74, 6) is 2.40. The van der Waals surface area contributed by atoms with E-state index in [1.165, 1.54) is 29.1 Å². The molecule has 1 aliphatic rings. The van der Waals surface area contributed by atoms with E-state index in [9.17, 15) is 4.79 Å². The smallest absolute Gasteiger partial charge is 0.255 e. The van der Waals surface area contributed by atoms with Gasteiger partial charge >= 0.3 is 0 Å². The lowest BCUT2D eigenvalue weighted by atomic mass is 10.1. The molecule has 0 aromatic heterocycles. The number of hydrogen-bond donors (Lipinski definition) is 1. The zero-order valence-electron chi connectivity index (χ0n) is 13.5. The van der Waals surface area contributed by atoms with Crippen LogP contribution in [0.4, 0.5) is 5.69 Å². The van der Waals surface area contributed by atoms with Crippen molar-refractivity contribution in [2.24, 2.45) is 0 Å². The molecule has 3 rings (SSSR count). The topological polar surface area (TPSA) is 29.1 Å². The standard InChI is InChI=1S/C19H21NOS2/c1-13-7-8-17(14(2)11-13)18(21)20-16-6-3-5-15(12-16)19-22-9-4-10-23-19/h3,5-8,11-12,19H,4,9-10H2,1-2H3,(H,20,21). The molecule has 1 saturated heterocycles. The van der Waals surface area contributed by atoms with Crippen LogP contribution in [0.2, 0.25) is 0 Å². The lowest BCUT2D eigenvalue weighted by molar-refractivity contribution is 0.102. The van der Waals surface area contributed by atoms with E-state index in [0.29, 0.717) is 4.58 Å². The van der Waals surface area contributed by atoms with Crippen molar-refractivity contribution in [3.05, 3.63) is 64.7 Å². The number of carbonyl (C=O) groups is 1. The van der Waals surface area contributed by atoms with Gasteiger partial charge in [0.1, 0.15) is 0 Å². The molecule has 0 bridgehead atoms. The third-order valence-electron chi connectivity index (χ3n) is 3.87. The Balaban J connectivity index is 1.75. The van der Waals surface area contributed by atoms with Gasteiger partial charge in [0, 0.05) is 11.3 Å². The molecule has 0 atom stereocenters. The Labute approximate surface area is 146 Å². The second-order valence-corrected chi connectivity index (χ2v) is 8.55. The minimum absolute atomic E-state index is 0.0383. The van der Waals surface area contributed by atoms with Crippen molar-refractivity contribution in [2.75, 3.05) is 16.8 Å². The predicted molar refractivity (Wildman–Crippen MR) is 103 cm³/mol. The molecule has 1 heterocycles. The molecule has 0 spiro atoms. The zero-order valence-corrected chi connectivity index (χ0v) is 15.1. The fraction of sp³-hybridized carbons (Fsp3) is 0.316. The Kier molecular flexibility index (Phi) is 5.34. The highest BCUT2D eigenvalue weighted by Crippen LogP contribution is 2.44. The van der Waals surface area contributed by atoms with Gasteiger partial charge in [-0.25, -0.2) is 0 Å². The quantitative estimate of drug-likeness (QED) is 0.806. The number of anilines is 1. The van der Waals surface area contributed by atoms with E-state index in [1.807, 2.05) is 67.7 Å². The molecular formula is C19H21NOS2. The summed E-state index contributed by atoms with van der Waals surface area (Å²) in [6.45, 7) is 4.02. The van der Waals surface area contributed by atoms with E-state index >= 15 is 0 Å². The van der Waals surface area contributed by atoms with Gasteiger partial charge in [-0.15, -0.1) is 23.5 Å². The SMILES string of the molecule is Cc1ccc(C(=O)Nc2cccc(C3SCCCS3)c2)c(C)c1. The van der Waals surface area contributed by atoms with Crippen molar-refractivity contribution < 1.29 is 4.79 Å². The number of nitrogens with one attached hydrogen (secondary N) is 1. The minimum atomic E-state index is -0.0383. The highest BCUT2D eigenvalue weighted by molar-refractivity contribution is 8.16. The average Bonchev–Trinajstić information content (AvgIpc) is 2.56. The largest absolute Gasteiger partial charge is 0.322 e. The Morgan fingerprint density at radius 3 is 2.61 bits per heavy atom. The molecule has 0 unspecified atom stereocenters. The van der Waals surface area contributed by atoms with Crippen LogP contribution in [0.3, 0.4) is 0 Å². The van der Waals surface area contributed by atoms with Gasteiger partial charge in [0.25, 0.3) is 5.91 Å². The Hall–Kier alpha value is -1.39. The first-order valence-corrected chi connectivity index (χ1v) is 9.95. The van der Waals surface area contributed by atoms with E-state index in [4.69, 9.17) is 0 Å². The van der Waals surface area contributed by atoms with Crippen LogP contribution < -0.4 is 5.32 Å². The molecule has 4 heteroatoms. The summed E-state index contributed by atoms with van der Waals surface area (Å²) in [4.78, 5) is 12.5. The summed E-state index contributed by atoms with van der Waals surface area (Å²) < 4.78 is 0.488. The van der Waals surface area contributed by atoms with Gasteiger partial charge in [-0.1, -0.05) is 29.8 Å². The van der Waals surface area contributed by atoms with E-state index in [2.05, 4.69) is 17.4 Å². The van der Waals surface area contributed by atoms with Gasteiger partial charge < -0.3 is 5.32 Å². The van der Waals surface area contributed by atoms with Crippen molar-refractivity contribution in [3.8, 4) is 0 Å². The maximum absolute atomic E-state index is 12.5. The van der Waals surface area contributed by atoms with Crippen LogP contribution in [0.1, 0.15) is 38.1 Å². The summed E-state index contributed by atoms with van der Waals surface area (Å²) in [6.07, 6.45) is 1.29. The van der Waals surface area contributed by atoms with E-state index in [1.54, 1.807) is 0 Å². The van der Waals surface area contributed by atoms with Crippen molar-refractivity contribution in [3.63, 3.8) is 0 Å². The number of thioether (sulfide) groups is 2. The molecular weight excluding hydrogens is 322 g/mol. The lowest BCUT2D eigenvalue weighted by Crippen LogP contribution is -2.13. The summed E-state index contributed by atoms with van der Waals surface area (Å²) in [6, 6.07) is 14.2. The third-order valence-corrected chi connectivity index (χ3v) is 6.89. The van der Waals surface area contributed by atoms with Gasteiger partial charge in [-0.3, -0.25) is 4.79 Å². The molecule has 2 nitrogen and oxygen atoms in total. The second-order valence-electron chi connectivity index (χ2n) is 5.83. The molecule has 1 fully saturated rings. The molecule has 2 aromatic rings. The number of aryl methyl sites for hydroxylation is 2. The molecule has 0 saturated carbocycles. The average molecular weight is 344 g/mol. The van der Waals surface area contributed by atoms with Crippen LogP contribution >= 0.6 is 23.5 Å². The maximum Gasteiger partial charge on any atom is 0.255 e. The summed E-state index contributed by atoms with van der Waals surface area (Å²) >= 11 is 3.99. The first kappa shape index (κ1) is 16.5. The van der Waals surface area contributed by atoms with Crippen molar-refractivity contribution in [1.82, 2.24) is 0 Å². The number of carbonyl (C=O) groups excluding carboxylic acids is 1. The molecule has 23 heavy (non-hydrogen) atoms. The molecule has 1 N–H and O–H groups in total. The molecule has 2 aromatic carbocycles. The Morgan fingerprint density at radius 1 is 1.09 bits per heavy atom. The van der Waals surface area contributed by atoms with Crippen LogP contribution in [0.5, 0.6) is 0 Å². The summed E-state index contributed by atoms with van der Waals surface area (Å²) in [5, 5.41) is 3.04. The van der Waals surface area contributed by atoms with E-state index < -0.39 is 0 Å². The van der Waals surface area contributed by atoms with Gasteiger partial charge in [0.2, 0.25) is 0 Å².